The van der Waals surface area contributed by atoms with Crippen molar-refractivity contribution in [2.24, 2.45) is 5.92 Å². The van der Waals surface area contributed by atoms with Gasteiger partial charge in [0.15, 0.2) is 5.60 Å². The quantitative estimate of drug-likeness (QED) is 0.656. The van der Waals surface area contributed by atoms with E-state index in [2.05, 4.69) is 18.7 Å². The second-order valence-corrected chi connectivity index (χ2v) is 8.42. The molecule has 0 unspecified atom stereocenters. The van der Waals surface area contributed by atoms with E-state index in [1.165, 1.54) is 0 Å². The highest BCUT2D eigenvalue weighted by Crippen LogP contribution is 2.40. The highest BCUT2D eigenvalue weighted by molar-refractivity contribution is 5.81. The van der Waals surface area contributed by atoms with E-state index in [1.54, 1.807) is 0 Å². The monoisotopic (exact) mass is 399 g/mol. The predicted octanol–water partition coefficient (Wildman–Crippen LogP) is 4.63. The molecule has 0 spiro atoms. The number of rotatable bonds is 8. The molecule has 1 aliphatic rings. The zero-order chi connectivity index (χ0) is 20.9. The van der Waals surface area contributed by atoms with E-state index in [9.17, 15) is 9.90 Å². The molecule has 1 aromatic heterocycles. The van der Waals surface area contributed by atoms with Crippen molar-refractivity contribution in [2.75, 3.05) is 7.05 Å². The van der Waals surface area contributed by atoms with E-state index >= 15 is 0 Å². The molecule has 1 aliphatic carbocycles. The van der Waals surface area contributed by atoms with Crippen LogP contribution in [0.2, 0.25) is 0 Å². The van der Waals surface area contributed by atoms with Crippen LogP contribution in [0.4, 0.5) is 0 Å². The fraction of sp³-hybridized carbons (Fsp3) is 0.542. The van der Waals surface area contributed by atoms with Gasteiger partial charge in [-0.05, 0) is 51.4 Å². The molecule has 1 fully saturated rings. The molecule has 0 radical (unpaired) electrons. The second-order valence-electron chi connectivity index (χ2n) is 8.42. The fourth-order valence-electron chi connectivity index (χ4n) is 3.99. The molecule has 0 aliphatic heterocycles. The van der Waals surface area contributed by atoms with E-state index in [0.717, 1.165) is 37.9 Å². The number of furan rings is 1. The van der Waals surface area contributed by atoms with Crippen molar-refractivity contribution in [1.82, 2.24) is 4.90 Å². The minimum Gasteiger partial charge on any atom is -0.461 e. The van der Waals surface area contributed by atoms with Gasteiger partial charge in [-0.2, -0.15) is 0 Å². The van der Waals surface area contributed by atoms with Crippen molar-refractivity contribution < 1.29 is 19.1 Å². The lowest BCUT2D eigenvalue weighted by atomic mass is 9.73. The van der Waals surface area contributed by atoms with Crippen LogP contribution in [0.25, 0.3) is 0 Å². The summed E-state index contributed by atoms with van der Waals surface area (Å²) in [5, 5.41) is 11.5. The summed E-state index contributed by atoms with van der Waals surface area (Å²) in [5.41, 5.74) is -1.01. The Morgan fingerprint density at radius 1 is 1.14 bits per heavy atom. The molecule has 1 heterocycles. The average molecular weight is 400 g/mol. The molecule has 5 nitrogen and oxygen atoms in total. The summed E-state index contributed by atoms with van der Waals surface area (Å²) in [5.74, 6) is 0.702. The molecule has 3 rings (SSSR count). The molecule has 0 saturated heterocycles. The summed E-state index contributed by atoms with van der Waals surface area (Å²) in [6.07, 6.45) is 4.85. The number of carbonyl (C=O) groups is 1. The smallest absolute Gasteiger partial charge is 0.343 e. The minimum atomic E-state index is -1.62. The topological polar surface area (TPSA) is 62.9 Å². The summed E-state index contributed by atoms with van der Waals surface area (Å²) in [6.45, 7) is 4.97. The van der Waals surface area contributed by atoms with E-state index in [4.69, 9.17) is 9.15 Å². The number of nitrogens with zero attached hydrogens (tertiary/aromatic N) is 1. The van der Waals surface area contributed by atoms with Gasteiger partial charge in [0, 0.05) is 12.0 Å². The Morgan fingerprint density at radius 3 is 2.45 bits per heavy atom. The molecule has 0 bridgehead atoms. The number of aliphatic hydroxyl groups is 1. The maximum absolute atomic E-state index is 13.1. The van der Waals surface area contributed by atoms with E-state index in [-0.39, 0.29) is 12.5 Å². The summed E-state index contributed by atoms with van der Waals surface area (Å²) in [6, 6.07) is 13.4. The summed E-state index contributed by atoms with van der Waals surface area (Å²) in [7, 11) is 2.04. The van der Waals surface area contributed by atoms with Gasteiger partial charge in [0.2, 0.25) is 0 Å². The van der Waals surface area contributed by atoms with Gasteiger partial charge in [0.25, 0.3) is 0 Å². The van der Waals surface area contributed by atoms with Crippen LogP contribution in [0.1, 0.15) is 63.0 Å². The van der Waals surface area contributed by atoms with Crippen LogP contribution in [-0.4, -0.2) is 29.1 Å². The zero-order valence-corrected chi connectivity index (χ0v) is 17.8. The van der Waals surface area contributed by atoms with Crippen molar-refractivity contribution in [3.63, 3.8) is 0 Å². The van der Waals surface area contributed by atoms with E-state index < -0.39 is 11.6 Å². The minimum absolute atomic E-state index is 0.0199. The van der Waals surface area contributed by atoms with Crippen LogP contribution in [0.5, 0.6) is 0 Å². The molecular weight excluding hydrogens is 366 g/mol. The number of hydrogen-bond acceptors (Lipinski definition) is 5. The van der Waals surface area contributed by atoms with Crippen LogP contribution >= 0.6 is 0 Å². The lowest BCUT2D eigenvalue weighted by molar-refractivity contribution is -0.177. The van der Waals surface area contributed by atoms with Gasteiger partial charge in [-0.1, -0.05) is 49.6 Å². The zero-order valence-electron chi connectivity index (χ0n) is 17.8. The Morgan fingerprint density at radius 2 is 1.79 bits per heavy atom. The Hall–Kier alpha value is -2.11. The third kappa shape index (κ3) is 5.09. The highest BCUT2D eigenvalue weighted by Gasteiger charge is 2.47. The molecule has 1 saturated carbocycles. The molecule has 0 amide bonds. The Balaban J connectivity index is 1.70. The van der Waals surface area contributed by atoms with Gasteiger partial charge in [-0.15, -0.1) is 0 Å². The SMILES string of the molecule is CC(C)N(C)Cc1ccc(COC(=O)[C@@](O)(c2ccccc2)C2CCCCC2)o1. The molecule has 158 valence electrons. The van der Waals surface area contributed by atoms with Crippen LogP contribution in [-0.2, 0) is 28.3 Å². The van der Waals surface area contributed by atoms with Crippen LogP contribution in [0, 0.1) is 5.92 Å². The van der Waals surface area contributed by atoms with Crippen LogP contribution in [0.3, 0.4) is 0 Å². The van der Waals surface area contributed by atoms with E-state index in [1.807, 2.05) is 49.5 Å². The Kier molecular flexibility index (Phi) is 7.14. The number of benzene rings is 1. The van der Waals surface area contributed by atoms with Gasteiger partial charge >= 0.3 is 5.97 Å². The first kappa shape index (κ1) is 21.6. The normalized spacial score (nSPS) is 17.4. The van der Waals surface area contributed by atoms with Crippen LogP contribution < -0.4 is 0 Å². The van der Waals surface area contributed by atoms with Crippen molar-refractivity contribution in [1.29, 1.82) is 0 Å². The van der Waals surface area contributed by atoms with Crippen molar-refractivity contribution in [3.8, 4) is 0 Å². The second kappa shape index (κ2) is 9.59. The van der Waals surface area contributed by atoms with Crippen molar-refractivity contribution >= 4 is 5.97 Å². The third-order valence-electron chi connectivity index (χ3n) is 6.07. The van der Waals surface area contributed by atoms with E-state index in [0.29, 0.717) is 23.9 Å². The predicted molar refractivity (Wildman–Crippen MR) is 112 cm³/mol. The van der Waals surface area contributed by atoms with Crippen LogP contribution in [0.15, 0.2) is 46.9 Å². The first-order chi connectivity index (χ1) is 13.9. The molecule has 1 N–H and O–H groups in total. The standard InChI is InChI=1S/C24H33NO4/c1-18(2)25(3)16-21-14-15-22(29-21)17-28-23(26)24(27,19-10-6-4-7-11-19)20-12-8-5-9-13-20/h4,6-7,10-11,14-15,18,20,27H,5,8-9,12-13,16-17H2,1-3H3/t24-/m1/s1. The molecule has 5 heteroatoms. The molecule has 1 atom stereocenters. The number of hydrogen-bond donors (Lipinski definition) is 1. The van der Waals surface area contributed by atoms with Gasteiger partial charge < -0.3 is 14.3 Å². The van der Waals surface area contributed by atoms with Gasteiger partial charge in [-0.25, -0.2) is 4.79 Å². The summed E-state index contributed by atoms with van der Waals surface area (Å²) < 4.78 is 11.4. The van der Waals surface area contributed by atoms with Gasteiger partial charge in [-0.3, -0.25) is 4.90 Å². The summed E-state index contributed by atoms with van der Waals surface area (Å²) >= 11 is 0. The molecule has 2 aromatic rings. The molecule has 1 aromatic carbocycles. The lowest BCUT2D eigenvalue weighted by Crippen LogP contribution is -2.45. The number of carbonyl (C=O) groups excluding carboxylic acids is 1. The fourth-order valence-corrected chi connectivity index (χ4v) is 3.99. The number of esters is 1. The Labute approximate surface area is 173 Å². The maximum atomic E-state index is 13.1. The first-order valence-electron chi connectivity index (χ1n) is 10.6. The molecule has 29 heavy (non-hydrogen) atoms. The van der Waals surface area contributed by atoms with Gasteiger partial charge in [0.05, 0.1) is 6.54 Å². The maximum Gasteiger partial charge on any atom is 0.343 e. The largest absolute Gasteiger partial charge is 0.461 e. The van der Waals surface area contributed by atoms with Gasteiger partial charge in [0.1, 0.15) is 18.1 Å². The lowest BCUT2D eigenvalue weighted by Gasteiger charge is -2.36. The van der Waals surface area contributed by atoms with Crippen molar-refractivity contribution in [2.45, 2.75) is 70.7 Å². The number of ether oxygens (including phenoxy) is 1. The average Bonchev–Trinajstić information content (AvgIpc) is 3.19. The third-order valence-corrected chi connectivity index (χ3v) is 6.07. The molecular formula is C24H33NO4. The summed E-state index contributed by atoms with van der Waals surface area (Å²) in [4.78, 5) is 15.3. The Bertz CT molecular complexity index is 779. The van der Waals surface area contributed by atoms with Crippen molar-refractivity contribution in [3.05, 3.63) is 59.5 Å². The first-order valence-corrected chi connectivity index (χ1v) is 10.6. The highest BCUT2D eigenvalue weighted by atomic mass is 16.6.